The Morgan fingerprint density at radius 3 is 2.29 bits per heavy atom. The Hall–Kier alpha value is -2.84. The minimum Gasteiger partial charge on any atom is -0.457 e. The third-order valence-electron chi connectivity index (χ3n) is 4.21. The summed E-state index contributed by atoms with van der Waals surface area (Å²) in [6.45, 7) is 7.97. The van der Waals surface area contributed by atoms with Crippen molar-refractivity contribution in [2.24, 2.45) is 11.8 Å². The van der Waals surface area contributed by atoms with Gasteiger partial charge in [0.15, 0.2) is 0 Å². The number of nitrogens with zero attached hydrogens (tertiary/aromatic N) is 1. The number of esters is 1. The quantitative estimate of drug-likeness (QED) is 0.553. The van der Waals surface area contributed by atoms with Crippen LogP contribution in [0.2, 0.25) is 0 Å². The van der Waals surface area contributed by atoms with Crippen LogP contribution in [0.3, 0.4) is 0 Å². The van der Waals surface area contributed by atoms with E-state index in [-0.39, 0.29) is 18.6 Å². The van der Waals surface area contributed by atoms with E-state index in [9.17, 15) is 10.1 Å². The Morgan fingerprint density at radius 1 is 1.00 bits per heavy atom. The number of benzene rings is 2. The summed E-state index contributed by atoms with van der Waals surface area (Å²) in [5, 5.41) is 9.55. The summed E-state index contributed by atoms with van der Waals surface area (Å²) in [6.07, 6.45) is -0.986. The number of rotatable bonds is 9. The predicted molar refractivity (Wildman–Crippen MR) is 107 cm³/mol. The molecule has 0 spiro atoms. The molecule has 0 bridgehead atoms. The molecule has 2 aromatic carbocycles. The molecule has 2 unspecified atom stereocenters. The maximum Gasteiger partial charge on any atom is 0.313 e. The number of hydrogen-bond acceptors (Lipinski definition) is 5. The van der Waals surface area contributed by atoms with E-state index in [0.717, 1.165) is 0 Å². The molecule has 0 aliphatic rings. The standard InChI is InChI=1S/C23H27NO4/c1-16(2)21(15-26-17(3)4)23(25)28-22(14-24)18-9-8-12-20(13-18)27-19-10-6-5-7-11-19/h5-13,16-17,21-22H,15H2,1-4H3. The van der Waals surface area contributed by atoms with Crippen molar-refractivity contribution in [3.8, 4) is 17.6 Å². The van der Waals surface area contributed by atoms with E-state index in [0.29, 0.717) is 17.1 Å². The van der Waals surface area contributed by atoms with Crippen LogP contribution < -0.4 is 4.74 Å². The molecular weight excluding hydrogens is 354 g/mol. The van der Waals surface area contributed by atoms with Gasteiger partial charge in [-0.2, -0.15) is 5.26 Å². The van der Waals surface area contributed by atoms with Crippen molar-refractivity contribution in [2.75, 3.05) is 6.61 Å². The monoisotopic (exact) mass is 381 g/mol. The van der Waals surface area contributed by atoms with Crippen molar-refractivity contribution in [3.63, 3.8) is 0 Å². The third-order valence-corrected chi connectivity index (χ3v) is 4.21. The predicted octanol–water partition coefficient (Wildman–Crippen LogP) is 5.28. The summed E-state index contributed by atoms with van der Waals surface area (Å²) >= 11 is 0. The first-order chi connectivity index (χ1) is 13.4. The Labute approximate surface area is 166 Å². The Morgan fingerprint density at radius 2 is 1.68 bits per heavy atom. The molecule has 0 saturated heterocycles. The van der Waals surface area contributed by atoms with Gasteiger partial charge in [0.1, 0.15) is 17.6 Å². The van der Waals surface area contributed by atoms with Gasteiger partial charge in [0.2, 0.25) is 6.10 Å². The van der Waals surface area contributed by atoms with E-state index in [1.807, 2.05) is 58.0 Å². The summed E-state index contributed by atoms with van der Waals surface area (Å²) in [5.74, 6) is 0.441. The van der Waals surface area contributed by atoms with E-state index in [1.165, 1.54) is 0 Å². The normalized spacial score (nSPS) is 13.0. The highest BCUT2D eigenvalue weighted by atomic mass is 16.5. The molecule has 2 atom stereocenters. The van der Waals surface area contributed by atoms with Gasteiger partial charge in [0, 0.05) is 5.56 Å². The molecule has 0 aromatic heterocycles. The molecule has 0 aliphatic carbocycles. The molecule has 0 aliphatic heterocycles. The van der Waals surface area contributed by atoms with Gasteiger partial charge < -0.3 is 14.2 Å². The summed E-state index contributed by atoms with van der Waals surface area (Å²) in [5.41, 5.74) is 0.566. The minimum atomic E-state index is -1.01. The molecule has 5 heteroatoms. The minimum absolute atomic E-state index is 0.0210. The lowest BCUT2D eigenvalue weighted by molar-refractivity contribution is -0.156. The maximum absolute atomic E-state index is 12.6. The smallest absolute Gasteiger partial charge is 0.313 e. The zero-order valence-electron chi connectivity index (χ0n) is 16.8. The Balaban J connectivity index is 2.10. The van der Waals surface area contributed by atoms with Crippen LogP contribution in [-0.2, 0) is 14.3 Å². The zero-order chi connectivity index (χ0) is 20.5. The molecule has 0 N–H and O–H groups in total. The van der Waals surface area contributed by atoms with E-state index >= 15 is 0 Å². The molecule has 5 nitrogen and oxygen atoms in total. The van der Waals surface area contributed by atoms with Gasteiger partial charge in [-0.15, -0.1) is 0 Å². The SMILES string of the molecule is CC(C)OCC(C(=O)OC(C#N)c1cccc(Oc2ccccc2)c1)C(C)C. The van der Waals surface area contributed by atoms with Crippen LogP contribution in [-0.4, -0.2) is 18.7 Å². The molecule has 0 fully saturated rings. The van der Waals surface area contributed by atoms with Crippen LogP contribution in [0.4, 0.5) is 0 Å². The first kappa shape index (κ1) is 21.5. The molecule has 28 heavy (non-hydrogen) atoms. The van der Waals surface area contributed by atoms with Gasteiger partial charge in [-0.3, -0.25) is 4.79 Å². The van der Waals surface area contributed by atoms with Crippen LogP contribution in [0.1, 0.15) is 39.4 Å². The second kappa shape index (κ2) is 10.5. The maximum atomic E-state index is 12.6. The van der Waals surface area contributed by atoms with Crippen LogP contribution >= 0.6 is 0 Å². The molecule has 0 saturated carbocycles. The van der Waals surface area contributed by atoms with Gasteiger partial charge in [0.05, 0.1) is 18.6 Å². The number of hydrogen-bond donors (Lipinski definition) is 0. The van der Waals surface area contributed by atoms with Crippen molar-refractivity contribution in [3.05, 3.63) is 60.2 Å². The van der Waals surface area contributed by atoms with Gasteiger partial charge in [0.25, 0.3) is 0 Å². The van der Waals surface area contributed by atoms with Crippen molar-refractivity contribution in [2.45, 2.75) is 39.9 Å². The topological polar surface area (TPSA) is 68.5 Å². The number of para-hydroxylation sites is 1. The lowest BCUT2D eigenvalue weighted by atomic mass is 9.96. The van der Waals surface area contributed by atoms with Crippen molar-refractivity contribution >= 4 is 5.97 Å². The molecule has 0 amide bonds. The van der Waals surface area contributed by atoms with Gasteiger partial charge >= 0.3 is 5.97 Å². The fourth-order valence-corrected chi connectivity index (χ4v) is 2.57. The van der Waals surface area contributed by atoms with E-state index < -0.39 is 18.0 Å². The van der Waals surface area contributed by atoms with Crippen LogP contribution in [0.5, 0.6) is 11.5 Å². The highest BCUT2D eigenvalue weighted by molar-refractivity contribution is 5.73. The van der Waals surface area contributed by atoms with E-state index in [4.69, 9.17) is 14.2 Å². The number of carbonyl (C=O) groups excluding carboxylic acids is 1. The van der Waals surface area contributed by atoms with Crippen molar-refractivity contribution in [1.29, 1.82) is 5.26 Å². The second-order valence-electron chi connectivity index (χ2n) is 7.17. The van der Waals surface area contributed by atoms with Crippen LogP contribution in [0.25, 0.3) is 0 Å². The molecule has 2 rings (SSSR count). The lowest BCUT2D eigenvalue weighted by Gasteiger charge is -2.22. The summed E-state index contributed by atoms with van der Waals surface area (Å²) < 4.78 is 16.9. The van der Waals surface area contributed by atoms with E-state index in [2.05, 4.69) is 6.07 Å². The molecule has 0 heterocycles. The number of nitriles is 1. The number of carbonyl (C=O) groups is 1. The van der Waals surface area contributed by atoms with Crippen LogP contribution in [0.15, 0.2) is 54.6 Å². The third kappa shape index (κ3) is 6.40. The highest BCUT2D eigenvalue weighted by Gasteiger charge is 2.28. The molecular formula is C23H27NO4. The first-order valence-electron chi connectivity index (χ1n) is 9.45. The molecule has 2 aromatic rings. The largest absolute Gasteiger partial charge is 0.457 e. The zero-order valence-corrected chi connectivity index (χ0v) is 16.8. The average molecular weight is 381 g/mol. The van der Waals surface area contributed by atoms with Crippen molar-refractivity contribution in [1.82, 2.24) is 0 Å². The van der Waals surface area contributed by atoms with Crippen LogP contribution in [0, 0.1) is 23.2 Å². The summed E-state index contributed by atoms with van der Waals surface area (Å²) in [7, 11) is 0. The Kier molecular flexibility index (Phi) is 8.03. The van der Waals surface area contributed by atoms with Gasteiger partial charge in [-0.05, 0) is 44.0 Å². The molecule has 148 valence electrons. The fourth-order valence-electron chi connectivity index (χ4n) is 2.57. The average Bonchev–Trinajstić information content (AvgIpc) is 2.66. The summed E-state index contributed by atoms with van der Waals surface area (Å²) in [4.78, 5) is 12.6. The molecule has 0 radical (unpaired) electrons. The number of ether oxygens (including phenoxy) is 3. The Bertz CT molecular complexity index is 796. The first-order valence-corrected chi connectivity index (χ1v) is 9.45. The van der Waals surface area contributed by atoms with Gasteiger partial charge in [-0.1, -0.05) is 44.2 Å². The lowest BCUT2D eigenvalue weighted by Crippen LogP contribution is -2.29. The van der Waals surface area contributed by atoms with Crippen molar-refractivity contribution < 1.29 is 19.0 Å². The van der Waals surface area contributed by atoms with Gasteiger partial charge in [-0.25, -0.2) is 0 Å². The van der Waals surface area contributed by atoms with E-state index in [1.54, 1.807) is 24.3 Å². The highest BCUT2D eigenvalue weighted by Crippen LogP contribution is 2.27. The summed E-state index contributed by atoms with van der Waals surface area (Å²) in [6, 6.07) is 18.4. The second-order valence-corrected chi connectivity index (χ2v) is 7.17. The fraction of sp³-hybridized carbons (Fsp3) is 0.391.